The maximum atomic E-state index is 13.1. The summed E-state index contributed by atoms with van der Waals surface area (Å²) < 4.78 is 43.0. The molecule has 3 rings (SSSR count). The molecule has 6 nitrogen and oxygen atoms in total. The normalized spacial score (nSPS) is 11.4. The van der Waals surface area contributed by atoms with Crippen molar-refractivity contribution in [3.05, 3.63) is 89.2 Å². The first-order valence-corrected chi connectivity index (χ1v) is 12.4. The molecule has 34 heavy (non-hydrogen) atoms. The minimum absolute atomic E-state index is 0.128. The van der Waals surface area contributed by atoms with Gasteiger partial charge in [0, 0.05) is 18.8 Å². The average Bonchev–Trinajstić information content (AvgIpc) is 2.77. The Morgan fingerprint density at radius 3 is 2.26 bits per heavy atom. The van der Waals surface area contributed by atoms with Crippen molar-refractivity contribution < 1.29 is 21.8 Å². The molecule has 0 saturated carbocycles. The summed E-state index contributed by atoms with van der Waals surface area (Å²) in [4.78, 5) is 14.6. The Labute approximate surface area is 200 Å². The van der Waals surface area contributed by atoms with Crippen molar-refractivity contribution in [2.24, 2.45) is 5.92 Å². The summed E-state index contributed by atoms with van der Waals surface area (Å²) in [7, 11) is -4.08. The van der Waals surface area contributed by atoms with Crippen LogP contribution in [0.3, 0.4) is 0 Å². The molecule has 3 aromatic rings. The van der Waals surface area contributed by atoms with Crippen LogP contribution in [0.1, 0.15) is 30.5 Å². The molecule has 0 saturated heterocycles. The van der Waals surface area contributed by atoms with Crippen LogP contribution in [0.5, 0.6) is 5.75 Å². The van der Waals surface area contributed by atoms with E-state index >= 15 is 0 Å². The van der Waals surface area contributed by atoms with Gasteiger partial charge >= 0.3 is 16.1 Å². The Kier molecular flexibility index (Phi) is 7.94. The smallest absolute Gasteiger partial charge is 0.339 e. The summed E-state index contributed by atoms with van der Waals surface area (Å²) in [6.45, 7) is 8.94. The van der Waals surface area contributed by atoms with E-state index in [-0.39, 0.29) is 22.6 Å². The van der Waals surface area contributed by atoms with Crippen LogP contribution in [0.4, 0.5) is 14.9 Å². The zero-order valence-electron chi connectivity index (χ0n) is 19.7. The molecule has 0 aliphatic rings. The molecule has 1 N–H and O–H groups in total. The quantitative estimate of drug-likeness (QED) is 0.404. The lowest BCUT2D eigenvalue weighted by molar-refractivity contribution is 0.201. The first-order valence-electron chi connectivity index (χ1n) is 11.0. The second-order valence-electron chi connectivity index (χ2n) is 8.59. The molecular formula is C26H29FN2O4S. The largest absolute Gasteiger partial charge is 0.379 e. The number of hydrogen-bond acceptors (Lipinski definition) is 4. The molecule has 180 valence electrons. The van der Waals surface area contributed by atoms with Crippen LogP contribution in [-0.2, 0) is 16.7 Å². The van der Waals surface area contributed by atoms with Gasteiger partial charge in [0.05, 0.1) is 0 Å². The maximum absolute atomic E-state index is 13.1. The van der Waals surface area contributed by atoms with E-state index in [0.717, 1.165) is 46.6 Å². The van der Waals surface area contributed by atoms with Gasteiger partial charge in [0.1, 0.15) is 16.5 Å². The number of anilines is 1. The molecule has 0 atom stereocenters. The molecule has 0 spiro atoms. The summed E-state index contributed by atoms with van der Waals surface area (Å²) in [5.41, 5.74) is 3.71. The van der Waals surface area contributed by atoms with Crippen LogP contribution < -0.4 is 9.50 Å². The number of hydrogen-bond donors (Lipinski definition) is 1. The first-order chi connectivity index (χ1) is 16.0. The number of carbonyl (C=O) groups excluding carboxylic acids is 1. The number of rotatable bonds is 8. The highest BCUT2D eigenvalue weighted by atomic mass is 32.2. The Bertz CT molecular complexity index is 1240. The van der Waals surface area contributed by atoms with E-state index in [1.54, 1.807) is 17.0 Å². The lowest BCUT2D eigenvalue weighted by Crippen LogP contribution is -2.37. The number of urea groups is 1. The topological polar surface area (TPSA) is 75.7 Å². The summed E-state index contributed by atoms with van der Waals surface area (Å²) in [5, 5.41) is 3.00. The highest BCUT2D eigenvalue weighted by molar-refractivity contribution is 7.87. The molecule has 0 aromatic heterocycles. The van der Waals surface area contributed by atoms with E-state index < -0.39 is 15.9 Å². The molecular weight excluding hydrogens is 455 g/mol. The fourth-order valence-electron chi connectivity index (χ4n) is 3.39. The Hall–Kier alpha value is -3.39. The number of aryl methyl sites for hydroxylation is 1. The number of nitrogens with zero attached hydrogens (tertiary/aromatic N) is 1. The monoisotopic (exact) mass is 484 g/mol. The van der Waals surface area contributed by atoms with Crippen molar-refractivity contribution in [2.45, 2.75) is 39.1 Å². The van der Waals surface area contributed by atoms with E-state index in [1.807, 2.05) is 45.9 Å². The molecule has 0 radical (unpaired) electrons. The fourth-order valence-corrected chi connectivity index (χ4v) is 4.32. The van der Waals surface area contributed by atoms with Gasteiger partial charge in [-0.3, -0.25) is 0 Å². The summed E-state index contributed by atoms with van der Waals surface area (Å²) in [6, 6.07) is 16.5. The molecule has 0 aliphatic carbocycles. The number of halogens is 1. The van der Waals surface area contributed by atoms with E-state index in [9.17, 15) is 17.6 Å². The van der Waals surface area contributed by atoms with E-state index in [1.165, 1.54) is 12.1 Å². The zero-order chi connectivity index (χ0) is 24.9. The van der Waals surface area contributed by atoms with Gasteiger partial charge in [-0.25, -0.2) is 9.18 Å². The Morgan fingerprint density at radius 2 is 1.65 bits per heavy atom. The van der Waals surface area contributed by atoms with Crippen molar-refractivity contribution in [1.29, 1.82) is 0 Å². The molecule has 0 bridgehead atoms. The predicted octanol–water partition coefficient (Wildman–Crippen LogP) is 5.90. The van der Waals surface area contributed by atoms with Crippen molar-refractivity contribution in [3.63, 3.8) is 0 Å². The molecule has 0 heterocycles. The summed E-state index contributed by atoms with van der Waals surface area (Å²) >= 11 is 0. The second kappa shape index (κ2) is 10.7. The number of benzene rings is 3. The number of nitrogens with one attached hydrogen (secondary N) is 1. The number of carbonyl (C=O) groups is 1. The lowest BCUT2D eigenvalue weighted by atomic mass is 10.1. The van der Waals surface area contributed by atoms with Crippen LogP contribution in [-0.4, -0.2) is 25.9 Å². The predicted molar refractivity (Wildman–Crippen MR) is 131 cm³/mol. The lowest BCUT2D eigenvalue weighted by Gasteiger charge is -2.26. The molecule has 0 aliphatic heterocycles. The average molecular weight is 485 g/mol. The van der Waals surface area contributed by atoms with Crippen LogP contribution >= 0.6 is 0 Å². The second-order valence-corrected chi connectivity index (χ2v) is 10.1. The number of amides is 2. The summed E-state index contributed by atoms with van der Waals surface area (Å²) in [5.74, 6) is -0.146. The van der Waals surface area contributed by atoms with Gasteiger partial charge in [-0.15, -0.1) is 0 Å². The molecule has 0 fully saturated rings. The van der Waals surface area contributed by atoms with Crippen molar-refractivity contribution >= 4 is 21.8 Å². The third kappa shape index (κ3) is 6.57. The van der Waals surface area contributed by atoms with Gasteiger partial charge in [0.15, 0.2) is 0 Å². The minimum atomic E-state index is -4.08. The molecule has 0 unspecified atom stereocenters. The molecule has 8 heteroatoms. The minimum Gasteiger partial charge on any atom is -0.379 e. The summed E-state index contributed by atoms with van der Waals surface area (Å²) in [6.07, 6.45) is 0. The van der Waals surface area contributed by atoms with Gasteiger partial charge in [-0.2, -0.15) is 8.42 Å². The highest BCUT2D eigenvalue weighted by Crippen LogP contribution is 2.22. The van der Waals surface area contributed by atoms with Crippen molar-refractivity contribution in [1.82, 2.24) is 4.90 Å². The van der Waals surface area contributed by atoms with Gasteiger partial charge in [-0.05, 0) is 78.9 Å². The third-order valence-electron chi connectivity index (χ3n) is 5.32. The van der Waals surface area contributed by atoms with Crippen LogP contribution in [0.25, 0.3) is 0 Å². The fraction of sp³-hybridized carbons (Fsp3) is 0.269. The van der Waals surface area contributed by atoms with Crippen LogP contribution in [0.2, 0.25) is 0 Å². The SMILES string of the molecule is Cc1cccc(NC(=O)N(Cc2ccc(OS(=O)(=O)c3ccc(F)cc3)cc2)CC(C)C)c1C. The Balaban J connectivity index is 1.71. The van der Waals surface area contributed by atoms with Crippen molar-refractivity contribution in [2.75, 3.05) is 11.9 Å². The molecule has 2 amide bonds. The van der Waals surface area contributed by atoms with Crippen LogP contribution in [0, 0.1) is 25.6 Å². The molecule has 3 aromatic carbocycles. The zero-order valence-corrected chi connectivity index (χ0v) is 20.5. The van der Waals surface area contributed by atoms with E-state index in [4.69, 9.17) is 4.18 Å². The first kappa shape index (κ1) is 25.2. The van der Waals surface area contributed by atoms with Crippen LogP contribution in [0.15, 0.2) is 71.6 Å². The van der Waals surface area contributed by atoms with Gasteiger partial charge in [0.2, 0.25) is 0 Å². The van der Waals surface area contributed by atoms with Gasteiger partial charge in [-0.1, -0.05) is 38.1 Å². The highest BCUT2D eigenvalue weighted by Gasteiger charge is 2.19. The van der Waals surface area contributed by atoms with Gasteiger partial charge < -0.3 is 14.4 Å². The standard InChI is InChI=1S/C26H29FN2O4S/c1-18(2)16-29(26(30)28-25-7-5-6-19(3)20(25)4)17-21-8-12-23(13-9-21)33-34(31,32)24-14-10-22(27)11-15-24/h5-15,18H,16-17H2,1-4H3,(H,28,30). The van der Waals surface area contributed by atoms with E-state index in [2.05, 4.69) is 5.32 Å². The maximum Gasteiger partial charge on any atom is 0.339 e. The Morgan fingerprint density at radius 1 is 1.00 bits per heavy atom. The van der Waals surface area contributed by atoms with Gasteiger partial charge in [0.25, 0.3) is 0 Å². The van der Waals surface area contributed by atoms with E-state index in [0.29, 0.717) is 13.1 Å². The van der Waals surface area contributed by atoms with Crippen molar-refractivity contribution in [3.8, 4) is 5.75 Å². The third-order valence-corrected chi connectivity index (χ3v) is 6.59.